The molecular formula is C48H36N2O2S. The fraction of sp³-hybridized carbons (Fsp3) is 0. The van der Waals surface area contributed by atoms with Gasteiger partial charge in [0.2, 0.25) is 9.84 Å². The third kappa shape index (κ3) is 7.11. The highest BCUT2D eigenvalue weighted by molar-refractivity contribution is 7.91. The van der Waals surface area contributed by atoms with Gasteiger partial charge in [-0.15, -0.1) is 0 Å². The van der Waals surface area contributed by atoms with Gasteiger partial charge in [-0.1, -0.05) is 121 Å². The summed E-state index contributed by atoms with van der Waals surface area (Å²) < 4.78 is 27.4. The van der Waals surface area contributed by atoms with Gasteiger partial charge in [0.25, 0.3) is 0 Å². The van der Waals surface area contributed by atoms with Crippen molar-refractivity contribution in [1.29, 1.82) is 0 Å². The monoisotopic (exact) mass is 704 g/mol. The van der Waals surface area contributed by atoms with Gasteiger partial charge in [-0.05, 0) is 119 Å². The molecule has 8 rings (SSSR count). The van der Waals surface area contributed by atoms with Crippen LogP contribution in [0, 0.1) is 0 Å². The van der Waals surface area contributed by atoms with Crippen molar-refractivity contribution in [3.8, 4) is 22.3 Å². The molecule has 0 aliphatic heterocycles. The highest BCUT2D eigenvalue weighted by Crippen LogP contribution is 2.37. The molecule has 5 heteroatoms. The van der Waals surface area contributed by atoms with Crippen LogP contribution in [0.15, 0.2) is 228 Å². The highest BCUT2D eigenvalue weighted by atomic mass is 32.2. The Hall–Kier alpha value is -6.69. The molecule has 0 bridgehead atoms. The molecule has 8 aromatic rings. The Morgan fingerprint density at radius 3 is 0.698 bits per heavy atom. The van der Waals surface area contributed by atoms with Gasteiger partial charge in [-0.25, -0.2) is 8.42 Å². The van der Waals surface area contributed by atoms with Gasteiger partial charge >= 0.3 is 0 Å². The summed E-state index contributed by atoms with van der Waals surface area (Å²) in [4.78, 5) is 4.95. The first-order valence-electron chi connectivity index (χ1n) is 17.5. The molecule has 256 valence electrons. The van der Waals surface area contributed by atoms with Gasteiger partial charge in [-0.2, -0.15) is 0 Å². The van der Waals surface area contributed by atoms with Crippen LogP contribution in [0.25, 0.3) is 22.3 Å². The molecule has 0 amide bonds. The van der Waals surface area contributed by atoms with Crippen LogP contribution in [-0.2, 0) is 9.84 Å². The first kappa shape index (κ1) is 33.5. The van der Waals surface area contributed by atoms with Crippen molar-refractivity contribution in [3.05, 3.63) is 218 Å². The highest BCUT2D eigenvalue weighted by Gasteiger charge is 2.19. The predicted octanol–water partition coefficient (Wildman–Crippen LogP) is 12.8. The summed E-state index contributed by atoms with van der Waals surface area (Å²) in [6.45, 7) is 0. The van der Waals surface area contributed by atoms with Crippen molar-refractivity contribution in [2.24, 2.45) is 0 Å². The van der Waals surface area contributed by atoms with Crippen molar-refractivity contribution < 1.29 is 8.42 Å². The molecule has 0 fully saturated rings. The fourth-order valence-electron chi connectivity index (χ4n) is 6.60. The first-order valence-corrected chi connectivity index (χ1v) is 19.0. The van der Waals surface area contributed by atoms with Crippen molar-refractivity contribution in [1.82, 2.24) is 0 Å². The second-order valence-corrected chi connectivity index (χ2v) is 14.6. The van der Waals surface area contributed by atoms with Gasteiger partial charge < -0.3 is 9.80 Å². The summed E-state index contributed by atoms with van der Waals surface area (Å²) in [5.41, 5.74) is 10.2. The molecule has 8 aromatic carbocycles. The Bertz CT molecular complexity index is 2250. The molecule has 0 aliphatic rings. The number of hydrogen-bond acceptors (Lipinski definition) is 4. The average molecular weight is 705 g/mol. The number of sulfone groups is 1. The van der Waals surface area contributed by atoms with Crippen LogP contribution in [0.2, 0.25) is 0 Å². The molecule has 0 saturated carbocycles. The van der Waals surface area contributed by atoms with Crippen molar-refractivity contribution in [3.63, 3.8) is 0 Å². The summed E-state index contributed by atoms with van der Waals surface area (Å²) >= 11 is 0. The molecule has 0 N–H and O–H groups in total. The fourth-order valence-corrected chi connectivity index (χ4v) is 7.86. The Kier molecular flexibility index (Phi) is 9.39. The summed E-state index contributed by atoms with van der Waals surface area (Å²) in [5.74, 6) is 0. The SMILES string of the molecule is O=S(=O)(c1ccc(-c2ccc(N(c3ccccc3)c3ccccc3)cc2)cc1)c1ccc(-c2ccc(N(c3ccccc3)c3ccccc3)cc2)cc1. The molecule has 0 aromatic heterocycles. The normalized spacial score (nSPS) is 11.2. The molecular weight excluding hydrogens is 669 g/mol. The van der Waals surface area contributed by atoms with E-state index in [2.05, 4.69) is 107 Å². The third-order valence-electron chi connectivity index (χ3n) is 9.30. The molecule has 0 radical (unpaired) electrons. The minimum Gasteiger partial charge on any atom is -0.311 e. The van der Waals surface area contributed by atoms with E-state index in [9.17, 15) is 8.42 Å². The van der Waals surface area contributed by atoms with E-state index in [1.807, 2.05) is 97.1 Å². The molecule has 0 unspecified atom stereocenters. The van der Waals surface area contributed by atoms with Crippen LogP contribution in [0.4, 0.5) is 34.1 Å². The number of nitrogens with zero attached hydrogens (tertiary/aromatic N) is 2. The number of rotatable bonds is 10. The van der Waals surface area contributed by atoms with E-state index in [1.54, 1.807) is 24.3 Å². The van der Waals surface area contributed by atoms with Crippen molar-refractivity contribution in [2.75, 3.05) is 9.80 Å². The third-order valence-corrected chi connectivity index (χ3v) is 11.1. The van der Waals surface area contributed by atoms with Crippen molar-refractivity contribution in [2.45, 2.75) is 9.79 Å². The van der Waals surface area contributed by atoms with Gasteiger partial charge in [0.15, 0.2) is 0 Å². The maximum Gasteiger partial charge on any atom is 0.206 e. The lowest BCUT2D eigenvalue weighted by Gasteiger charge is -2.25. The number of anilines is 6. The summed E-state index contributed by atoms with van der Waals surface area (Å²) in [6, 6.07) is 72.0. The molecule has 53 heavy (non-hydrogen) atoms. The molecule has 0 heterocycles. The average Bonchev–Trinajstić information content (AvgIpc) is 3.23. The standard InChI is InChI=1S/C48H36N2O2S/c51-53(52,47-33-25-39(26-34-47)37-21-29-45(30-22-37)49(41-13-5-1-6-14-41)42-15-7-2-8-16-42)48-35-27-40(28-36-48)38-23-31-46(32-24-38)50(43-17-9-3-10-18-43)44-19-11-4-12-20-44/h1-36H. The van der Waals surface area contributed by atoms with Crippen LogP contribution in [0.1, 0.15) is 0 Å². The maximum atomic E-state index is 13.7. The minimum atomic E-state index is -3.71. The molecule has 0 aliphatic carbocycles. The zero-order chi connectivity index (χ0) is 36.0. The smallest absolute Gasteiger partial charge is 0.206 e. The molecule has 4 nitrogen and oxygen atoms in total. The second-order valence-electron chi connectivity index (χ2n) is 12.7. The molecule has 0 atom stereocenters. The zero-order valence-corrected chi connectivity index (χ0v) is 29.7. The summed E-state index contributed by atoms with van der Waals surface area (Å²) in [6.07, 6.45) is 0. The quantitative estimate of drug-likeness (QED) is 0.142. The van der Waals surface area contributed by atoms with E-state index < -0.39 is 9.84 Å². The van der Waals surface area contributed by atoms with E-state index in [0.717, 1.165) is 56.4 Å². The first-order chi connectivity index (χ1) is 26.0. The van der Waals surface area contributed by atoms with Crippen LogP contribution >= 0.6 is 0 Å². The van der Waals surface area contributed by atoms with Gasteiger partial charge in [0, 0.05) is 34.1 Å². The van der Waals surface area contributed by atoms with Gasteiger partial charge in [0.1, 0.15) is 0 Å². The molecule has 0 saturated heterocycles. The van der Waals surface area contributed by atoms with E-state index in [1.165, 1.54) is 0 Å². The maximum absolute atomic E-state index is 13.7. The largest absolute Gasteiger partial charge is 0.311 e. The predicted molar refractivity (Wildman–Crippen MR) is 219 cm³/mol. The minimum absolute atomic E-state index is 0.260. The Labute approximate surface area is 311 Å². The number of hydrogen-bond donors (Lipinski definition) is 0. The lowest BCUT2D eigenvalue weighted by atomic mass is 10.0. The summed E-state index contributed by atoms with van der Waals surface area (Å²) in [5, 5.41) is 0. The lowest BCUT2D eigenvalue weighted by Crippen LogP contribution is -2.09. The topological polar surface area (TPSA) is 40.6 Å². The molecule has 0 spiro atoms. The van der Waals surface area contributed by atoms with E-state index in [-0.39, 0.29) is 9.79 Å². The van der Waals surface area contributed by atoms with Crippen molar-refractivity contribution >= 4 is 44.0 Å². The van der Waals surface area contributed by atoms with Crippen LogP contribution < -0.4 is 9.80 Å². The van der Waals surface area contributed by atoms with Crippen LogP contribution in [0.5, 0.6) is 0 Å². The Morgan fingerprint density at radius 1 is 0.245 bits per heavy atom. The number of benzene rings is 8. The van der Waals surface area contributed by atoms with E-state index >= 15 is 0 Å². The second kappa shape index (κ2) is 14.9. The van der Waals surface area contributed by atoms with E-state index in [4.69, 9.17) is 0 Å². The summed E-state index contributed by atoms with van der Waals surface area (Å²) in [7, 11) is -3.71. The Balaban J connectivity index is 0.991. The number of para-hydroxylation sites is 4. The van der Waals surface area contributed by atoms with Gasteiger partial charge in [-0.3, -0.25) is 0 Å². The van der Waals surface area contributed by atoms with Gasteiger partial charge in [0.05, 0.1) is 9.79 Å². The lowest BCUT2D eigenvalue weighted by molar-refractivity contribution is 0.596. The van der Waals surface area contributed by atoms with E-state index in [0.29, 0.717) is 0 Å². The van der Waals surface area contributed by atoms with Crippen LogP contribution in [0.3, 0.4) is 0 Å². The Morgan fingerprint density at radius 2 is 0.453 bits per heavy atom. The van der Waals surface area contributed by atoms with Crippen LogP contribution in [-0.4, -0.2) is 8.42 Å². The zero-order valence-electron chi connectivity index (χ0n) is 28.9.